The van der Waals surface area contributed by atoms with Gasteiger partial charge in [0.25, 0.3) is 5.91 Å². The minimum atomic E-state index is -0.818. The maximum Gasteiger partial charge on any atom is 0.306 e. The Labute approximate surface area is 167 Å². The van der Waals surface area contributed by atoms with E-state index >= 15 is 0 Å². The number of rotatable bonds is 7. The van der Waals surface area contributed by atoms with E-state index in [-0.39, 0.29) is 29.5 Å². The second-order valence-corrected chi connectivity index (χ2v) is 7.89. The van der Waals surface area contributed by atoms with Gasteiger partial charge in [0.1, 0.15) is 0 Å². The lowest BCUT2D eigenvalue weighted by molar-refractivity contribution is -0.145. The van der Waals surface area contributed by atoms with Crippen molar-refractivity contribution < 1.29 is 19.5 Å². The molecule has 7 heteroatoms. The van der Waals surface area contributed by atoms with Crippen LogP contribution in [0.25, 0.3) is 0 Å². The van der Waals surface area contributed by atoms with Crippen molar-refractivity contribution in [2.75, 3.05) is 11.1 Å². The van der Waals surface area contributed by atoms with Gasteiger partial charge in [-0.05, 0) is 44.0 Å². The Bertz CT molecular complexity index is 876. The lowest BCUT2D eigenvalue weighted by Gasteiger charge is -2.33. The summed E-state index contributed by atoms with van der Waals surface area (Å²) in [7, 11) is 0. The van der Waals surface area contributed by atoms with Crippen LogP contribution in [0.3, 0.4) is 0 Å². The molecule has 0 bridgehead atoms. The summed E-state index contributed by atoms with van der Waals surface area (Å²) in [5, 5.41) is 14.6. The fraction of sp³-hybridized carbons (Fsp3) is 0.286. The average Bonchev–Trinajstić information content (AvgIpc) is 2.64. The number of carboxylic acids is 1. The van der Waals surface area contributed by atoms with Crippen molar-refractivity contribution in [3.63, 3.8) is 0 Å². The highest BCUT2D eigenvalue weighted by molar-refractivity contribution is 8.00. The number of amides is 2. The second-order valence-electron chi connectivity index (χ2n) is 6.88. The van der Waals surface area contributed by atoms with Gasteiger partial charge in [0.15, 0.2) is 0 Å². The lowest BCUT2D eigenvalue weighted by atomic mass is 9.80. The number of hydrogen-bond acceptors (Lipinski definition) is 4. The number of carbonyl (C=O) groups excluding carboxylic acids is 2. The molecule has 1 aliphatic rings. The minimum absolute atomic E-state index is 0.114. The van der Waals surface area contributed by atoms with E-state index in [0.29, 0.717) is 23.3 Å². The third-order valence-electron chi connectivity index (χ3n) is 4.65. The predicted octanol–water partition coefficient (Wildman–Crippen LogP) is 3.32. The van der Waals surface area contributed by atoms with Gasteiger partial charge in [-0.15, -0.1) is 11.8 Å². The van der Waals surface area contributed by atoms with Crippen LogP contribution >= 0.6 is 11.8 Å². The Morgan fingerprint density at radius 1 is 1.07 bits per heavy atom. The smallest absolute Gasteiger partial charge is 0.306 e. The first-order chi connectivity index (χ1) is 13.4. The van der Waals surface area contributed by atoms with Crippen LogP contribution in [0.1, 0.15) is 28.8 Å². The standard InChI is InChI=1S/C21H22N2O4S/c1-13-6-8-15(9-7-13)22-19(24)12-28-18-5-3-2-4-17(18)20(25)23-16-10-14(11-16)21(26)27/h2-9,14,16H,10-12H2,1H3,(H,22,24)(H,23,25)(H,26,27). The number of anilines is 1. The van der Waals surface area contributed by atoms with Crippen molar-refractivity contribution in [1.82, 2.24) is 5.32 Å². The van der Waals surface area contributed by atoms with Crippen LogP contribution in [0.4, 0.5) is 5.69 Å². The highest BCUT2D eigenvalue weighted by atomic mass is 32.2. The molecular formula is C21H22N2O4S. The fourth-order valence-corrected chi connectivity index (χ4v) is 3.81. The van der Waals surface area contributed by atoms with Gasteiger partial charge in [0, 0.05) is 16.6 Å². The van der Waals surface area contributed by atoms with Crippen LogP contribution < -0.4 is 10.6 Å². The lowest BCUT2D eigenvalue weighted by Crippen LogP contribution is -2.46. The highest BCUT2D eigenvalue weighted by Gasteiger charge is 2.35. The van der Waals surface area contributed by atoms with Gasteiger partial charge in [-0.2, -0.15) is 0 Å². The van der Waals surface area contributed by atoms with Crippen molar-refractivity contribution in [2.45, 2.75) is 30.7 Å². The van der Waals surface area contributed by atoms with Crippen molar-refractivity contribution in [3.05, 3.63) is 59.7 Å². The van der Waals surface area contributed by atoms with Crippen LogP contribution in [-0.2, 0) is 9.59 Å². The molecule has 1 aliphatic carbocycles. The summed E-state index contributed by atoms with van der Waals surface area (Å²) in [6.07, 6.45) is 0.907. The first-order valence-corrected chi connectivity index (χ1v) is 10.0. The molecule has 0 unspecified atom stereocenters. The summed E-state index contributed by atoms with van der Waals surface area (Å²) in [5.41, 5.74) is 2.35. The fourth-order valence-electron chi connectivity index (χ4n) is 2.96. The summed E-state index contributed by atoms with van der Waals surface area (Å²) in [4.78, 5) is 36.3. The van der Waals surface area contributed by atoms with E-state index in [9.17, 15) is 14.4 Å². The van der Waals surface area contributed by atoms with Crippen molar-refractivity contribution in [3.8, 4) is 0 Å². The summed E-state index contributed by atoms with van der Waals surface area (Å²) in [6, 6.07) is 14.5. The minimum Gasteiger partial charge on any atom is -0.481 e. The van der Waals surface area contributed by atoms with E-state index in [0.717, 1.165) is 11.3 Å². The molecule has 146 valence electrons. The molecule has 0 aromatic heterocycles. The molecule has 2 aromatic rings. The SMILES string of the molecule is Cc1ccc(NC(=O)CSc2ccccc2C(=O)NC2CC(C(=O)O)C2)cc1. The van der Waals surface area contributed by atoms with Crippen LogP contribution in [0, 0.1) is 12.8 Å². The van der Waals surface area contributed by atoms with E-state index in [1.165, 1.54) is 11.8 Å². The Kier molecular flexibility index (Phi) is 6.36. The maximum absolute atomic E-state index is 12.5. The number of hydrogen-bond donors (Lipinski definition) is 3. The van der Waals surface area contributed by atoms with Gasteiger partial charge >= 0.3 is 5.97 Å². The van der Waals surface area contributed by atoms with E-state index in [2.05, 4.69) is 10.6 Å². The van der Waals surface area contributed by atoms with Crippen molar-refractivity contribution in [2.24, 2.45) is 5.92 Å². The molecule has 3 rings (SSSR count). The summed E-state index contributed by atoms with van der Waals surface area (Å²) in [6.45, 7) is 1.98. The van der Waals surface area contributed by atoms with Crippen LogP contribution in [-0.4, -0.2) is 34.7 Å². The summed E-state index contributed by atoms with van der Waals surface area (Å²) >= 11 is 1.30. The average molecular weight is 398 g/mol. The molecule has 0 aliphatic heterocycles. The molecule has 0 atom stereocenters. The Hall–Kier alpha value is -2.80. The number of benzene rings is 2. The normalized spacial score (nSPS) is 18.0. The van der Waals surface area contributed by atoms with E-state index < -0.39 is 5.97 Å². The number of aryl methyl sites for hydroxylation is 1. The summed E-state index contributed by atoms with van der Waals surface area (Å²) < 4.78 is 0. The monoisotopic (exact) mass is 398 g/mol. The van der Waals surface area contributed by atoms with Crippen molar-refractivity contribution in [1.29, 1.82) is 0 Å². The Morgan fingerprint density at radius 3 is 2.43 bits per heavy atom. The molecule has 0 heterocycles. The van der Waals surface area contributed by atoms with Gasteiger partial charge in [0.05, 0.1) is 17.2 Å². The maximum atomic E-state index is 12.5. The van der Waals surface area contributed by atoms with E-state index in [1.807, 2.05) is 37.3 Å². The van der Waals surface area contributed by atoms with Crippen LogP contribution in [0.2, 0.25) is 0 Å². The first-order valence-electron chi connectivity index (χ1n) is 9.04. The molecule has 0 radical (unpaired) electrons. The third kappa shape index (κ3) is 5.13. The molecule has 2 aromatic carbocycles. The highest BCUT2D eigenvalue weighted by Crippen LogP contribution is 2.29. The number of thioether (sulfide) groups is 1. The zero-order valence-electron chi connectivity index (χ0n) is 15.5. The topological polar surface area (TPSA) is 95.5 Å². The summed E-state index contributed by atoms with van der Waals surface area (Å²) in [5.74, 6) is -1.40. The number of carboxylic acid groups (broad SMARTS) is 1. The van der Waals surface area contributed by atoms with E-state index in [1.54, 1.807) is 18.2 Å². The number of carbonyl (C=O) groups is 3. The molecule has 0 spiro atoms. The van der Waals surface area contributed by atoms with Gasteiger partial charge in [-0.25, -0.2) is 0 Å². The number of nitrogens with one attached hydrogen (secondary N) is 2. The van der Waals surface area contributed by atoms with Gasteiger partial charge < -0.3 is 15.7 Å². The Balaban J connectivity index is 1.54. The van der Waals surface area contributed by atoms with Crippen molar-refractivity contribution >= 4 is 35.2 Å². The zero-order chi connectivity index (χ0) is 20.1. The molecule has 6 nitrogen and oxygen atoms in total. The quantitative estimate of drug-likeness (QED) is 0.622. The third-order valence-corrected chi connectivity index (χ3v) is 5.72. The van der Waals surface area contributed by atoms with Gasteiger partial charge in [0.2, 0.25) is 5.91 Å². The van der Waals surface area contributed by atoms with Crippen LogP contribution in [0.15, 0.2) is 53.4 Å². The first kappa shape index (κ1) is 19.9. The predicted molar refractivity (Wildman–Crippen MR) is 109 cm³/mol. The van der Waals surface area contributed by atoms with E-state index in [4.69, 9.17) is 5.11 Å². The molecular weight excluding hydrogens is 376 g/mol. The molecule has 28 heavy (non-hydrogen) atoms. The molecule has 1 saturated carbocycles. The largest absolute Gasteiger partial charge is 0.481 e. The van der Waals surface area contributed by atoms with Gasteiger partial charge in [-0.3, -0.25) is 14.4 Å². The molecule has 3 N–H and O–H groups in total. The number of aliphatic carboxylic acids is 1. The van der Waals surface area contributed by atoms with Gasteiger partial charge in [-0.1, -0.05) is 29.8 Å². The molecule has 2 amide bonds. The molecule has 0 saturated heterocycles. The second kappa shape index (κ2) is 8.93. The zero-order valence-corrected chi connectivity index (χ0v) is 16.3. The molecule has 1 fully saturated rings. The Morgan fingerprint density at radius 2 is 1.75 bits per heavy atom. The van der Waals surface area contributed by atoms with Crippen LogP contribution in [0.5, 0.6) is 0 Å².